The minimum absolute atomic E-state index is 0.277. The van der Waals surface area contributed by atoms with Gasteiger partial charge in [-0.25, -0.2) is 0 Å². The number of halogens is 1. The molecule has 2 atom stereocenters. The molecule has 0 saturated carbocycles. The molecular weight excluding hydrogens is 471 g/mol. The zero-order valence-electron chi connectivity index (χ0n) is 15.6. The highest BCUT2D eigenvalue weighted by molar-refractivity contribution is 14.1. The quantitative estimate of drug-likeness (QED) is 0.503. The Labute approximate surface area is 176 Å². The predicted octanol–water partition coefficient (Wildman–Crippen LogP) is 4.06. The average Bonchev–Trinajstić information content (AvgIpc) is 3.18. The van der Waals surface area contributed by atoms with Crippen LogP contribution in [-0.2, 0) is 0 Å². The normalized spacial score (nSPS) is 12.9. The Morgan fingerprint density at radius 3 is 2.54 bits per heavy atom. The highest BCUT2D eigenvalue weighted by Gasteiger charge is 2.25. The number of aliphatic hydroxyl groups excluding tert-OH is 1. The summed E-state index contributed by atoms with van der Waals surface area (Å²) in [4.78, 5) is 0. The molecular formula is C20H19IN4O3. The van der Waals surface area contributed by atoms with Gasteiger partial charge in [-0.2, -0.15) is 5.26 Å². The van der Waals surface area contributed by atoms with Crippen LogP contribution in [0.5, 0.6) is 5.75 Å². The number of aliphatic hydroxyl groups is 1. The van der Waals surface area contributed by atoms with E-state index in [0.717, 1.165) is 26.1 Å². The first-order chi connectivity index (χ1) is 13.4. The van der Waals surface area contributed by atoms with Crippen LogP contribution in [0.3, 0.4) is 0 Å². The lowest BCUT2D eigenvalue weighted by molar-refractivity contribution is 0.159. The Balaban J connectivity index is 1.88. The first-order valence-corrected chi connectivity index (χ1v) is 9.64. The lowest BCUT2D eigenvalue weighted by Crippen LogP contribution is -2.23. The summed E-state index contributed by atoms with van der Waals surface area (Å²) >= 11 is 2.14. The lowest BCUT2D eigenvalue weighted by atomic mass is 10.1. The first-order valence-electron chi connectivity index (χ1n) is 8.56. The molecule has 3 rings (SSSR count). The van der Waals surface area contributed by atoms with Crippen LogP contribution in [0.1, 0.15) is 30.0 Å². The maximum atomic E-state index is 10.3. The zero-order valence-corrected chi connectivity index (χ0v) is 17.8. The van der Waals surface area contributed by atoms with Gasteiger partial charge in [0.1, 0.15) is 17.9 Å². The van der Waals surface area contributed by atoms with Crippen molar-refractivity contribution < 1.29 is 14.3 Å². The van der Waals surface area contributed by atoms with E-state index in [1.165, 1.54) is 0 Å². The van der Waals surface area contributed by atoms with E-state index in [0.29, 0.717) is 11.5 Å². The van der Waals surface area contributed by atoms with Gasteiger partial charge in [-0.3, -0.25) is 0 Å². The maximum Gasteiger partial charge on any atom is 0.247 e. The Kier molecular flexibility index (Phi) is 6.16. The Morgan fingerprint density at radius 2 is 1.93 bits per heavy atom. The van der Waals surface area contributed by atoms with Crippen LogP contribution in [0, 0.1) is 21.8 Å². The van der Waals surface area contributed by atoms with E-state index in [1.54, 1.807) is 20.1 Å². The summed E-state index contributed by atoms with van der Waals surface area (Å²) in [5, 5.41) is 30.9. The second-order valence-electron chi connectivity index (χ2n) is 6.25. The monoisotopic (exact) mass is 490 g/mol. The fourth-order valence-electron chi connectivity index (χ4n) is 2.69. The van der Waals surface area contributed by atoms with Crippen molar-refractivity contribution in [2.45, 2.75) is 26.0 Å². The van der Waals surface area contributed by atoms with Crippen LogP contribution in [0.2, 0.25) is 0 Å². The van der Waals surface area contributed by atoms with Crippen LogP contribution >= 0.6 is 22.6 Å². The van der Waals surface area contributed by atoms with Gasteiger partial charge < -0.3 is 19.6 Å². The van der Waals surface area contributed by atoms with Crippen LogP contribution < -0.4 is 10.1 Å². The molecule has 28 heavy (non-hydrogen) atoms. The zero-order chi connectivity index (χ0) is 20.3. The van der Waals surface area contributed by atoms with Crippen LogP contribution in [0.4, 0.5) is 5.69 Å². The number of hydrogen-bond acceptors (Lipinski definition) is 7. The van der Waals surface area contributed by atoms with Crippen LogP contribution in [0.15, 0.2) is 40.8 Å². The number of aromatic nitrogens is 2. The van der Waals surface area contributed by atoms with Gasteiger partial charge >= 0.3 is 0 Å². The largest absolute Gasteiger partial charge is 0.497 e. The smallest absolute Gasteiger partial charge is 0.247 e. The van der Waals surface area contributed by atoms with Gasteiger partial charge in [0.25, 0.3) is 0 Å². The van der Waals surface area contributed by atoms with Crippen LogP contribution in [0.25, 0.3) is 11.5 Å². The van der Waals surface area contributed by atoms with Gasteiger partial charge in [0.2, 0.25) is 11.8 Å². The Bertz CT molecular complexity index is 1010. The van der Waals surface area contributed by atoms with Crippen molar-refractivity contribution in [3.05, 3.63) is 57.0 Å². The first kappa shape index (κ1) is 20.1. The second kappa shape index (κ2) is 8.58. The number of nitriles is 1. The fraction of sp³-hybridized carbons (Fsp3) is 0.250. The summed E-state index contributed by atoms with van der Waals surface area (Å²) in [5.41, 5.74) is 3.07. The van der Waals surface area contributed by atoms with Crippen LogP contribution in [-0.4, -0.2) is 28.5 Å². The van der Waals surface area contributed by atoms with E-state index >= 15 is 0 Å². The third kappa shape index (κ3) is 4.10. The topological polar surface area (TPSA) is 104 Å². The van der Waals surface area contributed by atoms with Gasteiger partial charge in [0, 0.05) is 14.8 Å². The molecule has 0 aliphatic heterocycles. The molecule has 0 saturated heterocycles. The van der Waals surface area contributed by atoms with E-state index in [4.69, 9.17) is 14.4 Å². The van der Waals surface area contributed by atoms with Crippen molar-refractivity contribution in [2.75, 3.05) is 12.4 Å². The van der Waals surface area contributed by atoms with E-state index in [1.807, 2.05) is 37.3 Å². The van der Waals surface area contributed by atoms with Crippen molar-refractivity contribution in [3.63, 3.8) is 0 Å². The van der Waals surface area contributed by atoms with Crippen molar-refractivity contribution in [1.29, 1.82) is 5.26 Å². The molecule has 0 radical (unpaired) electrons. The van der Waals surface area contributed by atoms with E-state index in [2.05, 4.69) is 44.2 Å². The van der Waals surface area contributed by atoms with E-state index < -0.39 is 12.1 Å². The number of nitrogens with zero attached hydrogens (tertiary/aromatic N) is 3. The standard InChI is InChI=1S/C20H19IN4O3/c1-11-16(9-6-14(10-22)17(11)21)23-18(12(2)26)20-25-24-19(28-20)13-4-7-15(27-3)8-5-13/h4-9,12,18,23,26H,1-3H3/t12-,18+/m0/s1. The predicted molar refractivity (Wildman–Crippen MR) is 113 cm³/mol. The molecule has 0 unspecified atom stereocenters. The third-order valence-corrected chi connectivity index (χ3v) is 5.73. The molecule has 0 spiro atoms. The van der Waals surface area contributed by atoms with Gasteiger partial charge in [0.15, 0.2) is 0 Å². The SMILES string of the molecule is COc1ccc(-c2nnc([C@H](Nc3ccc(C#N)c(I)c3C)[C@H](C)O)o2)cc1. The summed E-state index contributed by atoms with van der Waals surface area (Å²) in [6.45, 7) is 3.57. The molecule has 0 bridgehead atoms. The summed E-state index contributed by atoms with van der Waals surface area (Å²) in [6.07, 6.45) is -0.781. The molecule has 0 amide bonds. The maximum absolute atomic E-state index is 10.3. The van der Waals surface area contributed by atoms with Gasteiger partial charge in [-0.05, 0) is 78.4 Å². The number of benzene rings is 2. The molecule has 0 aliphatic rings. The summed E-state index contributed by atoms with van der Waals surface area (Å²) in [5.74, 6) is 1.37. The van der Waals surface area contributed by atoms with E-state index in [-0.39, 0.29) is 5.89 Å². The summed E-state index contributed by atoms with van der Waals surface area (Å²) in [6, 6.07) is 12.4. The Hall–Kier alpha value is -2.64. The molecule has 2 N–H and O–H groups in total. The highest BCUT2D eigenvalue weighted by atomic mass is 127. The molecule has 144 valence electrons. The highest BCUT2D eigenvalue weighted by Crippen LogP contribution is 2.30. The number of hydrogen-bond donors (Lipinski definition) is 2. The van der Waals surface area contributed by atoms with Crippen molar-refractivity contribution in [1.82, 2.24) is 10.2 Å². The summed E-state index contributed by atoms with van der Waals surface area (Å²) < 4.78 is 11.8. The minimum Gasteiger partial charge on any atom is -0.497 e. The molecule has 2 aromatic carbocycles. The number of ether oxygens (including phenoxy) is 1. The molecule has 3 aromatic rings. The van der Waals surface area contributed by atoms with E-state index in [9.17, 15) is 5.11 Å². The number of nitrogens with one attached hydrogen (secondary N) is 1. The molecule has 1 aromatic heterocycles. The molecule has 7 nitrogen and oxygen atoms in total. The van der Waals surface area contributed by atoms with Crippen molar-refractivity contribution in [3.8, 4) is 23.3 Å². The fourth-order valence-corrected chi connectivity index (χ4v) is 3.29. The van der Waals surface area contributed by atoms with Gasteiger partial charge in [-0.15, -0.1) is 10.2 Å². The lowest BCUT2D eigenvalue weighted by Gasteiger charge is -2.21. The molecule has 8 heteroatoms. The Morgan fingerprint density at radius 1 is 1.21 bits per heavy atom. The van der Waals surface area contributed by atoms with Crippen molar-refractivity contribution in [2.24, 2.45) is 0 Å². The molecule has 1 heterocycles. The summed E-state index contributed by atoms with van der Waals surface area (Å²) in [7, 11) is 1.60. The number of methoxy groups -OCH3 is 1. The average molecular weight is 490 g/mol. The van der Waals surface area contributed by atoms with Gasteiger partial charge in [-0.1, -0.05) is 0 Å². The van der Waals surface area contributed by atoms with Gasteiger partial charge in [0.05, 0.1) is 18.8 Å². The number of rotatable bonds is 6. The molecule has 0 aliphatic carbocycles. The van der Waals surface area contributed by atoms with Crippen molar-refractivity contribution >= 4 is 28.3 Å². The number of anilines is 1. The second-order valence-corrected chi connectivity index (χ2v) is 7.33. The third-order valence-electron chi connectivity index (χ3n) is 4.34. The molecule has 0 fully saturated rings. The minimum atomic E-state index is -0.781.